The van der Waals surface area contributed by atoms with Crippen molar-refractivity contribution in [3.8, 4) is 0 Å². The van der Waals surface area contributed by atoms with Crippen molar-refractivity contribution in [2.24, 2.45) is 0 Å². The molecule has 0 aliphatic carbocycles. The lowest BCUT2D eigenvalue weighted by molar-refractivity contribution is 0.0722. The normalized spacial score (nSPS) is 15.6. The maximum absolute atomic E-state index is 11.7. The molecule has 1 N–H and O–H groups in total. The van der Waals surface area contributed by atoms with E-state index in [1.54, 1.807) is 6.92 Å². The summed E-state index contributed by atoms with van der Waals surface area (Å²) in [5.74, 6) is 0. The van der Waals surface area contributed by atoms with Gasteiger partial charge in [0.1, 0.15) is 0 Å². The van der Waals surface area contributed by atoms with Crippen molar-refractivity contribution in [3.05, 3.63) is 0 Å². The number of rotatable bonds is 11. The Morgan fingerprint density at radius 1 is 0.944 bits per heavy atom. The van der Waals surface area contributed by atoms with E-state index in [0.29, 0.717) is 19.8 Å². The van der Waals surface area contributed by atoms with E-state index in [1.165, 1.54) is 0 Å². The fraction of sp³-hybridized carbons (Fsp3) is 1.00. The molecule has 0 fully saturated rings. The lowest BCUT2D eigenvalue weighted by atomic mass is 10.9. The molecule has 0 aromatic carbocycles. The Hall–Kier alpha value is 0.247. The van der Waals surface area contributed by atoms with Gasteiger partial charge in [-0.25, -0.2) is 0 Å². The summed E-state index contributed by atoms with van der Waals surface area (Å²) >= 11 is 0. The van der Waals surface area contributed by atoms with E-state index in [2.05, 4.69) is 0 Å². The van der Waals surface area contributed by atoms with Crippen molar-refractivity contribution in [3.63, 3.8) is 0 Å². The van der Waals surface area contributed by atoms with Crippen LogP contribution in [0.25, 0.3) is 0 Å². The van der Waals surface area contributed by atoms with Crippen molar-refractivity contribution in [2.45, 2.75) is 33.7 Å². The molecule has 0 spiro atoms. The third kappa shape index (κ3) is 6.99. The van der Waals surface area contributed by atoms with Gasteiger partial charge in [0, 0.05) is 25.9 Å². The highest BCUT2D eigenvalue weighted by molar-refractivity contribution is 7.52. The maximum atomic E-state index is 11.7. The molecule has 6 nitrogen and oxygen atoms in total. The molecule has 0 saturated heterocycles. The first kappa shape index (κ1) is 18.2. The minimum Gasteiger partial charge on any atom is -0.374 e. The number of hydrogen-bond donors (Lipinski definition) is 1. The molecule has 0 aromatic rings. The first-order valence-corrected chi connectivity index (χ1v) is 10.0. The van der Waals surface area contributed by atoms with Gasteiger partial charge in [-0.15, -0.1) is 0 Å². The molecule has 0 heterocycles. The smallest absolute Gasteiger partial charge is 0.374 e. The monoisotopic (exact) mass is 300 g/mol. The molecule has 0 radical (unpaired) electrons. The Morgan fingerprint density at radius 3 is 1.72 bits per heavy atom. The van der Waals surface area contributed by atoms with E-state index in [9.17, 15) is 9.46 Å². The van der Waals surface area contributed by atoms with Crippen molar-refractivity contribution < 1.29 is 27.3 Å². The van der Waals surface area contributed by atoms with Crippen LogP contribution < -0.4 is 0 Å². The van der Waals surface area contributed by atoms with Gasteiger partial charge >= 0.3 is 16.4 Å². The molecule has 1 atom stereocenters. The quantitative estimate of drug-likeness (QED) is 0.466. The van der Waals surface area contributed by atoms with Gasteiger partial charge in [-0.05, 0) is 27.7 Å². The molecular weight excluding hydrogens is 275 g/mol. The Morgan fingerprint density at radius 2 is 1.39 bits per heavy atom. The highest BCUT2D eigenvalue weighted by Gasteiger charge is 2.42. The van der Waals surface area contributed by atoms with E-state index in [-0.39, 0.29) is 18.8 Å². The van der Waals surface area contributed by atoms with Crippen LogP contribution in [0.1, 0.15) is 27.7 Å². The van der Waals surface area contributed by atoms with E-state index in [4.69, 9.17) is 17.8 Å². The van der Waals surface area contributed by atoms with Gasteiger partial charge in [0.25, 0.3) is 0 Å². The summed E-state index contributed by atoms with van der Waals surface area (Å²) in [4.78, 5) is 9.57. The minimum atomic E-state index is -3.57. The molecule has 0 rings (SSSR count). The zero-order chi connectivity index (χ0) is 14.1. The van der Waals surface area contributed by atoms with Gasteiger partial charge < -0.3 is 22.7 Å². The van der Waals surface area contributed by atoms with Crippen LogP contribution in [0.5, 0.6) is 0 Å². The Labute approximate surface area is 110 Å². The van der Waals surface area contributed by atoms with Crippen LogP contribution in [0, 0.1) is 0 Å². The van der Waals surface area contributed by atoms with Crippen LogP contribution >= 0.6 is 7.60 Å². The predicted molar refractivity (Wildman–Crippen MR) is 71.8 cm³/mol. The average Bonchev–Trinajstić information content (AvgIpc) is 2.28. The SMILES string of the molecule is CCO[Si](CCP(=O)(O)OCC)(OCC)OCC. The van der Waals surface area contributed by atoms with Crippen LogP contribution in [0.4, 0.5) is 0 Å². The van der Waals surface area contributed by atoms with Crippen LogP contribution in [-0.2, 0) is 22.4 Å². The van der Waals surface area contributed by atoms with E-state index < -0.39 is 16.4 Å². The molecule has 8 heteroatoms. The average molecular weight is 300 g/mol. The number of hydrogen-bond acceptors (Lipinski definition) is 5. The van der Waals surface area contributed by atoms with Crippen LogP contribution in [0.3, 0.4) is 0 Å². The fourth-order valence-corrected chi connectivity index (χ4v) is 6.31. The molecular formula is C10H25O6PSi. The van der Waals surface area contributed by atoms with Crippen LogP contribution in [-0.4, -0.2) is 46.3 Å². The van der Waals surface area contributed by atoms with Gasteiger partial charge in [-0.1, -0.05) is 0 Å². The molecule has 18 heavy (non-hydrogen) atoms. The molecule has 0 bridgehead atoms. The zero-order valence-corrected chi connectivity index (χ0v) is 13.6. The minimum absolute atomic E-state index is 0.00688. The van der Waals surface area contributed by atoms with Gasteiger partial charge in [0.05, 0.1) is 12.8 Å². The Kier molecular flexibility index (Phi) is 9.32. The Bertz CT molecular complexity index is 246. The fourth-order valence-electron chi connectivity index (χ4n) is 1.55. The molecule has 0 saturated carbocycles. The summed E-state index contributed by atoms with van der Waals surface area (Å²) in [6, 6.07) is 0.288. The van der Waals surface area contributed by atoms with Gasteiger partial charge in [-0.3, -0.25) is 4.57 Å². The van der Waals surface area contributed by atoms with Crippen molar-refractivity contribution in [1.29, 1.82) is 0 Å². The summed E-state index contributed by atoms with van der Waals surface area (Å²) in [5.41, 5.74) is 0. The lowest BCUT2D eigenvalue weighted by Gasteiger charge is -2.28. The molecule has 1 unspecified atom stereocenters. The Balaban J connectivity index is 4.60. The summed E-state index contributed by atoms with van der Waals surface area (Å²) in [5, 5.41) is 0. The molecule has 0 amide bonds. The van der Waals surface area contributed by atoms with E-state index >= 15 is 0 Å². The maximum Gasteiger partial charge on any atom is 0.501 e. The molecule has 0 aliphatic heterocycles. The molecule has 110 valence electrons. The van der Waals surface area contributed by atoms with Gasteiger partial charge in [0.15, 0.2) is 0 Å². The second-order valence-corrected chi connectivity index (χ2v) is 8.22. The summed E-state index contributed by atoms with van der Waals surface area (Å²) in [6.07, 6.45) is -0.00688. The van der Waals surface area contributed by atoms with E-state index in [1.807, 2.05) is 20.8 Å². The third-order valence-electron chi connectivity index (χ3n) is 2.12. The standard InChI is InChI=1S/C10H25O6PSi/c1-5-13-17(11,12)9-10-18(14-6-2,15-7-3)16-8-4/h5-10H2,1-4H3,(H,11,12). The van der Waals surface area contributed by atoms with Crippen LogP contribution in [0.2, 0.25) is 6.04 Å². The van der Waals surface area contributed by atoms with E-state index in [0.717, 1.165) is 0 Å². The third-order valence-corrected chi connectivity index (χ3v) is 7.04. The van der Waals surface area contributed by atoms with Crippen molar-refractivity contribution >= 4 is 16.4 Å². The van der Waals surface area contributed by atoms with Crippen molar-refractivity contribution in [2.75, 3.05) is 32.6 Å². The highest BCUT2D eigenvalue weighted by atomic mass is 31.2. The topological polar surface area (TPSA) is 74.2 Å². The highest BCUT2D eigenvalue weighted by Crippen LogP contribution is 2.43. The molecule has 0 aliphatic rings. The van der Waals surface area contributed by atoms with Crippen molar-refractivity contribution in [1.82, 2.24) is 0 Å². The summed E-state index contributed by atoms with van der Waals surface area (Å²) < 4.78 is 33.3. The lowest BCUT2D eigenvalue weighted by Crippen LogP contribution is -2.46. The first-order chi connectivity index (χ1) is 8.45. The predicted octanol–water partition coefficient (Wildman–Crippen LogP) is 2.26. The first-order valence-electron chi connectivity index (χ1n) is 6.33. The van der Waals surface area contributed by atoms with Gasteiger partial charge in [0.2, 0.25) is 0 Å². The van der Waals surface area contributed by atoms with Crippen LogP contribution in [0.15, 0.2) is 0 Å². The zero-order valence-electron chi connectivity index (χ0n) is 11.7. The largest absolute Gasteiger partial charge is 0.501 e. The van der Waals surface area contributed by atoms with Gasteiger partial charge in [-0.2, -0.15) is 0 Å². The second-order valence-electron chi connectivity index (χ2n) is 3.51. The summed E-state index contributed by atoms with van der Waals surface area (Å²) in [7, 11) is -6.41. The molecule has 0 aromatic heterocycles. The second kappa shape index (κ2) is 9.20. The summed E-state index contributed by atoms with van der Waals surface area (Å²) in [6.45, 7) is 8.80.